The summed E-state index contributed by atoms with van der Waals surface area (Å²) in [6.45, 7) is -0.979. The Kier molecular flexibility index (Phi) is 5.93. The molecule has 174 valence electrons. The second kappa shape index (κ2) is 8.70. The second-order valence-electron chi connectivity index (χ2n) is 7.36. The number of piperazine rings is 1. The van der Waals surface area contributed by atoms with Crippen molar-refractivity contribution >= 4 is 17.7 Å². The van der Waals surface area contributed by atoms with Crippen molar-refractivity contribution in [3.63, 3.8) is 0 Å². The van der Waals surface area contributed by atoms with E-state index in [-0.39, 0.29) is 43.4 Å². The minimum atomic E-state index is -4.99. The van der Waals surface area contributed by atoms with Gasteiger partial charge in [0.25, 0.3) is 5.91 Å². The van der Waals surface area contributed by atoms with Crippen LogP contribution in [-0.4, -0.2) is 65.0 Å². The summed E-state index contributed by atoms with van der Waals surface area (Å²) in [5, 5.41) is 13.9. The van der Waals surface area contributed by atoms with Crippen LogP contribution in [-0.2, 0) is 4.79 Å². The molecular weight excluding hydrogens is 448 g/mol. The molecule has 0 aromatic heterocycles. The Bertz CT molecular complexity index is 1110. The zero-order valence-corrected chi connectivity index (χ0v) is 17.0. The minimum Gasteiger partial charge on any atom is -0.437 e. The molecule has 33 heavy (non-hydrogen) atoms. The molecule has 0 radical (unpaired) electrons. The molecule has 2 amide bonds. The standard InChI is InChI=1S/C21H18F4N4O4/c22-16-6-5-12(33-18-14-4-2-1-3-13(14)17(30)26-27-18)11-15(16)19(31)28-7-9-29(10-8-28)20(32)21(23,24)25/h1-6,11,17,26,30H,7-10H2. The Balaban J connectivity index is 1.48. The van der Waals surface area contributed by atoms with Crippen molar-refractivity contribution < 1.29 is 37.0 Å². The average molecular weight is 466 g/mol. The summed E-state index contributed by atoms with van der Waals surface area (Å²) in [4.78, 5) is 25.9. The Hall–Kier alpha value is -3.67. The fourth-order valence-electron chi connectivity index (χ4n) is 3.56. The summed E-state index contributed by atoms with van der Waals surface area (Å²) in [7, 11) is 0. The zero-order valence-electron chi connectivity index (χ0n) is 17.0. The quantitative estimate of drug-likeness (QED) is 0.661. The third kappa shape index (κ3) is 4.60. The lowest BCUT2D eigenvalue weighted by molar-refractivity contribution is -0.186. The van der Waals surface area contributed by atoms with Crippen LogP contribution >= 0.6 is 0 Å². The molecule has 1 saturated heterocycles. The van der Waals surface area contributed by atoms with Crippen LogP contribution in [0.2, 0.25) is 0 Å². The van der Waals surface area contributed by atoms with E-state index in [2.05, 4.69) is 10.5 Å². The number of benzene rings is 2. The van der Waals surface area contributed by atoms with Gasteiger partial charge < -0.3 is 19.6 Å². The van der Waals surface area contributed by atoms with Crippen molar-refractivity contribution in [3.05, 3.63) is 65.0 Å². The molecule has 1 atom stereocenters. The largest absolute Gasteiger partial charge is 0.471 e. The van der Waals surface area contributed by atoms with Crippen molar-refractivity contribution in [2.45, 2.75) is 12.4 Å². The van der Waals surface area contributed by atoms with Crippen LogP contribution in [0.15, 0.2) is 47.6 Å². The van der Waals surface area contributed by atoms with Crippen LogP contribution in [0.25, 0.3) is 0 Å². The lowest BCUT2D eigenvalue weighted by Gasteiger charge is -2.35. The van der Waals surface area contributed by atoms with E-state index in [1.807, 2.05) is 0 Å². The lowest BCUT2D eigenvalue weighted by atomic mass is 10.1. The Morgan fingerprint density at radius 2 is 1.73 bits per heavy atom. The van der Waals surface area contributed by atoms with Crippen molar-refractivity contribution in [2.75, 3.05) is 26.2 Å². The summed E-state index contributed by atoms with van der Waals surface area (Å²) in [5.41, 5.74) is 3.18. The highest BCUT2D eigenvalue weighted by Crippen LogP contribution is 2.25. The van der Waals surface area contributed by atoms with E-state index in [1.165, 1.54) is 17.0 Å². The first-order valence-corrected chi connectivity index (χ1v) is 9.88. The predicted molar refractivity (Wildman–Crippen MR) is 107 cm³/mol. The number of aliphatic hydroxyl groups excluding tert-OH is 1. The summed E-state index contributed by atoms with van der Waals surface area (Å²) in [6.07, 6.45) is -6.02. The van der Waals surface area contributed by atoms with E-state index >= 15 is 0 Å². The molecule has 1 fully saturated rings. The van der Waals surface area contributed by atoms with Gasteiger partial charge in [-0.15, -0.1) is 5.10 Å². The Labute approximate surface area is 185 Å². The molecule has 0 spiro atoms. The Morgan fingerprint density at radius 3 is 2.42 bits per heavy atom. The van der Waals surface area contributed by atoms with Crippen molar-refractivity contribution in [1.82, 2.24) is 15.2 Å². The molecule has 1 unspecified atom stereocenters. The highest BCUT2D eigenvalue weighted by atomic mass is 19.4. The third-order valence-electron chi connectivity index (χ3n) is 5.25. The predicted octanol–water partition coefficient (Wildman–Crippen LogP) is 2.01. The normalized spacial score (nSPS) is 18.2. The van der Waals surface area contributed by atoms with Gasteiger partial charge in [0.15, 0.2) is 6.23 Å². The molecule has 0 bridgehead atoms. The zero-order chi connectivity index (χ0) is 23.8. The third-order valence-corrected chi connectivity index (χ3v) is 5.25. The summed E-state index contributed by atoms with van der Waals surface area (Å²) in [5.74, 6) is -3.35. The number of hydrogen-bond donors (Lipinski definition) is 2. The number of hydrogen-bond acceptors (Lipinski definition) is 6. The van der Waals surface area contributed by atoms with Crippen LogP contribution in [0, 0.1) is 5.82 Å². The minimum absolute atomic E-state index is 0.0948. The number of aliphatic hydroxyl groups is 1. The van der Waals surface area contributed by atoms with Crippen molar-refractivity contribution in [2.24, 2.45) is 5.10 Å². The number of amides is 2. The van der Waals surface area contributed by atoms with Gasteiger partial charge in [0.2, 0.25) is 5.90 Å². The van der Waals surface area contributed by atoms with E-state index in [0.717, 1.165) is 6.07 Å². The molecule has 4 rings (SSSR count). The first-order valence-electron chi connectivity index (χ1n) is 9.88. The number of nitrogens with zero attached hydrogens (tertiary/aromatic N) is 3. The first kappa shape index (κ1) is 22.5. The molecule has 2 aromatic rings. The molecule has 2 N–H and O–H groups in total. The highest BCUT2D eigenvalue weighted by molar-refractivity contribution is 5.98. The van der Waals surface area contributed by atoms with E-state index in [1.54, 1.807) is 24.3 Å². The number of rotatable bonds is 2. The van der Waals surface area contributed by atoms with E-state index in [4.69, 9.17) is 4.74 Å². The van der Waals surface area contributed by atoms with Crippen molar-refractivity contribution in [3.8, 4) is 5.75 Å². The number of halogens is 4. The number of nitrogens with one attached hydrogen (secondary N) is 1. The number of alkyl halides is 3. The van der Waals surface area contributed by atoms with Gasteiger partial charge in [0.1, 0.15) is 11.6 Å². The topological polar surface area (TPSA) is 94.5 Å². The molecule has 2 heterocycles. The van der Waals surface area contributed by atoms with Gasteiger partial charge in [-0.1, -0.05) is 18.2 Å². The number of carbonyl (C=O) groups is 2. The van der Waals surface area contributed by atoms with Gasteiger partial charge in [-0.3, -0.25) is 15.0 Å². The van der Waals surface area contributed by atoms with E-state index < -0.39 is 30.0 Å². The smallest absolute Gasteiger partial charge is 0.437 e. The van der Waals surface area contributed by atoms with Gasteiger partial charge in [-0.05, 0) is 24.3 Å². The molecule has 2 aliphatic heterocycles. The van der Waals surface area contributed by atoms with Gasteiger partial charge >= 0.3 is 12.1 Å². The number of ether oxygens (including phenoxy) is 1. The summed E-state index contributed by atoms with van der Waals surface area (Å²) in [6, 6.07) is 10.3. The SMILES string of the molecule is O=C(c1cc(OC2=NNC(O)c3ccccc32)ccc1F)N1CCN(C(=O)C(F)(F)F)CC1. The molecule has 2 aromatic carbocycles. The van der Waals surface area contributed by atoms with Crippen molar-refractivity contribution in [1.29, 1.82) is 0 Å². The van der Waals surface area contributed by atoms with Crippen LogP contribution in [0.3, 0.4) is 0 Å². The number of fused-ring (bicyclic) bond motifs is 1. The van der Waals surface area contributed by atoms with Crippen LogP contribution < -0.4 is 10.2 Å². The fourth-order valence-corrected chi connectivity index (χ4v) is 3.56. The highest BCUT2D eigenvalue weighted by Gasteiger charge is 2.43. The maximum atomic E-state index is 14.4. The number of carbonyl (C=O) groups excluding carboxylic acids is 2. The maximum absolute atomic E-state index is 14.4. The van der Waals surface area contributed by atoms with Gasteiger partial charge in [0, 0.05) is 37.3 Å². The maximum Gasteiger partial charge on any atom is 0.471 e. The van der Waals surface area contributed by atoms with E-state index in [9.17, 15) is 32.3 Å². The fraction of sp³-hybridized carbons (Fsp3) is 0.286. The average Bonchev–Trinajstić information content (AvgIpc) is 2.81. The van der Waals surface area contributed by atoms with Crippen LogP contribution in [0.4, 0.5) is 17.6 Å². The monoisotopic (exact) mass is 466 g/mol. The molecule has 2 aliphatic rings. The summed E-state index contributed by atoms with van der Waals surface area (Å²) >= 11 is 0. The first-order chi connectivity index (χ1) is 15.6. The Morgan fingerprint density at radius 1 is 1.06 bits per heavy atom. The summed E-state index contributed by atoms with van der Waals surface area (Å²) < 4.78 is 57.9. The molecule has 0 saturated carbocycles. The van der Waals surface area contributed by atoms with Crippen LogP contribution in [0.1, 0.15) is 27.7 Å². The van der Waals surface area contributed by atoms with Gasteiger partial charge in [-0.2, -0.15) is 13.2 Å². The molecular formula is C21H18F4N4O4. The molecule has 8 nitrogen and oxygen atoms in total. The van der Waals surface area contributed by atoms with Crippen LogP contribution in [0.5, 0.6) is 5.75 Å². The van der Waals surface area contributed by atoms with Gasteiger partial charge in [-0.25, -0.2) is 4.39 Å². The number of hydrazone groups is 1. The van der Waals surface area contributed by atoms with E-state index in [0.29, 0.717) is 16.0 Å². The molecule has 0 aliphatic carbocycles. The van der Waals surface area contributed by atoms with Gasteiger partial charge in [0.05, 0.1) is 5.56 Å². The second-order valence-corrected chi connectivity index (χ2v) is 7.36. The lowest BCUT2D eigenvalue weighted by Crippen LogP contribution is -2.53. The molecule has 12 heteroatoms.